The monoisotopic (exact) mass is 154 g/mol. The molecule has 0 aliphatic carbocycles. The molecule has 0 heterocycles. The summed E-state index contributed by atoms with van der Waals surface area (Å²) in [5, 5.41) is 0. The minimum atomic E-state index is -0.409. The van der Waals surface area contributed by atoms with E-state index in [1.54, 1.807) is 0 Å². The predicted molar refractivity (Wildman–Crippen MR) is 44.7 cm³/mol. The summed E-state index contributed by atoms with van der Waals surface area (Å²) in [7, 11) is 1.49. The Balaban J connectivity index is 4.41. The molecule has 1 nitrogen and oxygen atoms in total. The van der Waals surface area contributed by atoms with Crippen LogP contribution < -0.4 is 0 Å². The molecule has 0 unspecified atom stereocenters. The molecule has 0 bridgehead atoms. The third-order valence-electron chi connectivity index (χ3n) is 0.989. The quantitative estimate of drug-likeness (QED) is 0.447. The van der Waals surface area contributed by atoms with Gasteiger partial charge in [-0.05, 0) is 12.2 Å². The number of hydrogen-bond acceptors (Lipinski definition) is 1. The van der Waals surface area contributed by atoms with Gasteiger partial charge in [-0.25, -0.2) is 4.39 Å². The van der Waals surface area contributed by atoms with Crippen molar-refractivity contribution in [2.75, 3.05) is 7.11 Å². The highest BCUT2D eigenvalue weighted by molar-refractivity contribution is 5.31. The van der Waals surface area contributed by atoms with Crippen LogP contribution in [0.25, 0.3) is 0 Å². The third kappa shape index (κ3) is 4.14. The van der Waals surface area contributed by atoms with Crippen molar-refractivity contribution in [3.63, 3.8) is 0 Å². The van der Waals surface area contributed by atoms with E-state index in [1.807, 2.05) is 0 Å². The summed E-state index contributed by atoms with van der Waals surface area (Å²) in [5.74, 6) is -0.409. The first kappa shape index (κ1) is 9.69. The lowest BCUT2D eigenvalue weighted by atomic mass is 10.2. The number of ether oxygens (including phenoxy) is 1. The second-order valence-corrected chi connectivity index (χ2v) is 1.79. The molecule has 0 aromatic rings. The van der Waals surface area contributed by atoms with Crippen molar-refractivity contribution in [2.45, 2.75) is 0 Å². The molecule has 0 saturated carbocycles. The SMILES string of the molecule is C=C/C(F)=C\C(C=C)=C\OC. The fourth-order valence-electron chi connectivity index (χ4n) is 0.495. The van der Waals surface area contributed by atoms with E-state index in [1.165, 1.54) is 25.5 Å². The second kappa shape index (κ2) is 5.47. The van der Waals surface area contributed by atoms with Crippen LogP contribution >= 0.6 is 0 Å². The number of halogens is 1. The molecule has 0 N–H and O–H groups in total. The Hall–Kier alpha value is -1.31. The average molecular weight is 154 g/mol. The van der Waals surface area contributed by atoms with Gasteiger partial charge >= 0.3 is 0 Å². The predicted octanol–water partition coefficient (Wildman–Crippen LogP) is 2.74. The highest BCUT2D eigenvalue weighted by Gasteiger charge is 1.88. The van der Waals surface area contributed by atoms with Gasteiger partial charge in [0.25, 0.3) is 0 Å². The summed E-state index contributed by atoms with van der Waals surface area (Å²) in [4.78, 5) is 0. The van der Waals surface area contributed by atoms with Gasteiger partial charge in [0.05, 0.1) is 13.4 Å². The topological polar surface area (TPSA) is 9.23 Å². The summed E-state index contributed by atoms with van der Waals surface area (Å²) in [5.41, 5.74) is 0.574. The molecule has 11 heavy (non-hydrogen) atoms. The first-order chi connectivity index (χ1) is 5.24. The van der Waals surface area contributed by atoms with Gasteiger partial charge in [-0.3, -0.25) is 0 Å². The van der Waals surface area contributed by atoms with Crippen molar-refractivity contribution >= 4 is 0 Å². The van der Waals surface area contributed by atoms with Crippen LogP contribution in [0.3, 0.4) is 0 Å². The Morgan fingerprint density at radius 1 is 1.36 bits per heavy atom. The molecule has 60 valence electrons. The lowest BCUT2D eigenvalue weighted by Gasteiger charge is -1.92. The summed E-state index contributed by atoms with van der Waals surface area (Å²) < 4.78 is 17.2. The minimum Gasteiger partial charge on any atom is -0.504 e. The van der Waals surface area contributed by atoms with Crippen molar-refractivity contribution in [3.05, 3.63) is 49.0 Å². The minimum absolute atomic E-state index is 0.409. The molecule has 0 amide bonds. The number of methoxy groups -OCH3 is 1. The normalized spacial score (nSPS) is 12.5. The zero-order valence-electron chi connectivity index (χ0n) is 6.51. The van der Waals surface area contributed by atoms with Crippen molar-refractivity contribution in [2.24, 2.45) is 0 Å². The zero-order valence-corrected chi connectivity index (χ0v) is 6.51. The van der Waals surface area contributed by atoms with Crippen LogP contribution in [0.15, 0.2) is 49.0 Å². The van der Waals surface area contributed by atoms with Gasteiger partial charge in [-0.1, -0.05) is 19.2 Å². The molecule has 0 aliphatic rings. The highest BCUT2D eigenvalue weighted by atomic mass is 19.1. The molecule has 0 aromatic carbocycles. The van der Waals surface area contributed by atoms with Crippen LogP contribution in [-0.2, 0) is 4.74 Å². The Bertz CT molecular complexity index is 202. The summed E-state index contributed by atoms with van der Waals surface area (Å²) in [6.45, 7) is 6.74. The molecule has 0 atom stereocenters. The van der Waals surface area contributed by atoms with Gasteiger partial charge in [0, 0.05) is 5.57 Å². The molecule has 0 rings (SSSR count). The Morgan fingerprint density at radius 3 is 2.36 bits per heavy atom. The van der Waals surface area contributed by atoms with E-state index in [0.717, 1.165) is 6.08 Å². The number of rotatable bonds is 4. The van der Waals surface area contributed by atoms with Crippen molar-refractivity contribution in [3.8, 4) is 0 Å². The lowest BCUT2D eigenvalue weighted by molar-refractivity contribution is 0.336. The molecule has 0 spiro atoms. The summed E-state index contributed by atoms with van der Waals surface area (Å²) in [6.07, 6.45) is 5.29. The van der Waals surface area contributed by atoms with Crippen molar-refractivity contribution in [1.29, 1.82) is 0 Å². The van der Waals surface area contributed by atoms with E-state index in [4.69, 9.17) is 0 Å². The number of allylic oxidation sites excluding steroid dienone is 5. The Morgan fingerprint density at radius 2 is 2.00 bits per heavy atom. The smallest absolute Gasteiger partial charge is 0.123 e. The first-order valence-electron chi connectivity index (χ1n) is 3.09. The molecule has 0 radical (unpaired) electrons. The summed E-state index contributed by atoms with van der Waals surface area (Å²) >= 11 is 0. The maximum absolute atomic E-state index is 12.5. The van der Waals surface area contributed by atoms with Gasteiger partial charge in [-0.2, -0.15) is 0 Å². The largest absolute Gasteiger partial charge is 0.504 e. The van der Waals surface area contributed by atoms with E-state index >= 15 is 0 Å². The van der Waals surface area contributed by atoms with E-state index < -0.39 is 5.83 Å². The van der Waals surface area contributed by atoms with Gasteiger partial charge in [-0.15, -0.1) is 0 Å². The summed E-state index contributed by atoms with van der Waals surface area (Å²) in [6, 6.07) is 0. The third-order valence-corrected chi connectivity index (χ3v) is 0.989. The van der Waals surface area contributed by atoms with E-state index in [2.05, 4.69) is 17.9 Å². The Labute approximate surface area is 66.2 Å². The maximum Gasteiger partial charge on any atom is 0.123 e. The molecule has 2 heteroatoms. The molecule has 0 aliphatic heterocycles. The van der Waals surface area contributed by atoms with Crippen molar-refractivity contribution in [1.82, 2.24) is 0 Å². The molecule has 0 aromatic heterocycles. The van der Waals surface area contributed by atoms with Crippen LogP contribution in [0.5, 0.6) is 0 Å². The molecular weight excluding hydrogens is 143 g/mol. The Kier molecular flexibility index (Phi) is 4.82. The lowest BCUT2D eigenvalue weighted by Crippen LogP contribution is -1.75. The molecule has 0 saturated heterocycles. The fourth-order valence-corrected chi connectivity index (χ4v) is 0.495. The van der Waals surface area contributed by atoms with Crippen molar-refractivity contribution < 1.29 is 9.13 Å². The van der Waals surface area contributed by atoms with E-state index in [-0.39, 0.29) is 0 Å². The standard InChI is InChI=1S/C9H11FO/c1-4-8(7-11-3)6-9(10)5-2/h4-7H,1-2H2,3H3/b8-7+,9-6+. The van der Waals surface area contributed by atoms with Gasteiger partial charge in [0.15, 0.2) is 0 Å². The van der Waals surface area contributed by atoms with Crippen LogP contribution in [0.4, 0.5) is 4.39 Å². The second-order valence-electron chi connectivity index (χ2n) is 1.79. The van der Waals surface area contributed by atoms with Gasteiger partial charge < -0.3 is 4.74 Å². The molecule has 0 fully saturated rings. The van der Waals surface area contributed by atoms with E-state index in [0.29, 0.717) is 5.57 Å². The van der Waals surface area contributed by atoms with Crippen LogP contribution in [0.1, 0.15) is 0 Å². The van der Waals surface area contributed by atoms with Gasteiger partial charge in [0.2, 0.25) is 0 Å². The fraction of sp³-hybridized carbons (Fsp3) is 0.111. The van der Waals surface area contributed by atoms with Crippen LogP contribution in [-0.4, -0.2) is 7.11 Å². The maximum atomic E-state index is 12.5. The number of hydrogen-bond donors (Lipinski definition) is 0. The zero-order chi connectivity index (χ0) is 8.69. The van der Waals surface area contributed by atoms with Crippen LogP contribution in [0, 0.1) is 0 Å². The molecular formula is C9H11FO. The highest BCUT2D eigenvalue weighted by Crippen LogP contribution is 2.05. The first-order valence-corrected chi connectivity index (χ1v) is 3.09. The van der Waals surface area contributed by atoms with Crippen LogP contribution in [0.2, 0.25) is 0 Å². The van der Waals surface area contributed by atoms with E-state index in [9.17, 15) is 4.39 Å². The van der Waals surface area contributed by atoms with Gasteiger partial charge in [0.1, 0.15) is 5.83 Å². The average Bonchev–Trinajstić information content (AvgIpc) is 2.03.